The summed E-state index contributed by atoms with van der Waals surface area (Å²) in [5, 5.41) is 9.07. The van der Waals surface area contributed by atoms with Crippen LogP contribution in [0.15, 0.2) is 24.3 Å². The van der Waals surface area contributed by atoms with E-state index < -0.39 is 0 Å². The fourth-order valence-corrected chi connectivity index (χ4v) is 1.52. The highest BCUT2D eigenvalue weighted by molar-refractivity contribution is 5.95. The van der Waals surface area contributed by atoms with E-state index in [-0.39, 0.29) is 18.6 Å². The van der Waals surface area contributed by atoms with Gasteiger partial charge in [-0.2, -0.15) is 0 Å². The van der Waals surface area contributed by atoms with Crippen LogP contribution in [0.1, 0.15) is 22.8 Å². The highest BCUT2D eigenvalue weighted by Gasteiger charge is 2.13. The number of likely N-dealkylation sites (N-methyl/N-ethyl adjacent to an activating group) is 1. The molecule has 1 aromatic rings. The summed E-state index contributed by atoms with van der Waals surface area (Å²) in [5.41, 5.74) is 3.58. The van der Waals surface area contributed by atoms with E-state index in [0.717, 1.165) is 5.56 Å². The first kappa shape index (κ1) is 13.6. The second-order valence-electron chi connectivity index (χ2n) is 4.08. The van der Waals surface area contributed by atoms with Crippen molar-refractivity contribution < 1.29 is 9.90 Å². The predicted octanol–water partition coefficient (Wildman–Crippen LogP) is 0.103. The minimum atomic E-state index is -0.300. The summed E-state index contributed by atoms with van der Waals surface area (Å²) >= 11 is 0. The number of nitrogen functional groups attached to an aromatic ring is 1. The van der Waals surface area contributed by atoms with Gasteiger partial charge in [-0.25, -0.2) is 5.84 Å². The van der Waals surface area contributed by atoms with E-state index in [1.165, 1.54) is 0 Å². The Labute approximate surface area is 101 Å². The van der Waals surface area contributed by atoms with Gasteiger partial charge < -0.3 is 5.11 Å². The second-order valence-corrected chi connectivity index (χ2v) is 4.08. The molecule has 1 unspecified atom stereocenters. The number of nitrogens with one attached hydrogen (secondary N) is 1. The summed E-state index contributed by atoms with van der Waals surface area (Å²) in [6, 6.07) is 7.33. The Kier molecular flexibility index (Phi) is 5.09. The van der Waals surface area contributed by atoms with Gasteiger partial charge in [0.25, 0.3) is 5.91 Å². The largest absolute Gasteiger partial charge is 0.395 e. The fraction of sp³-hybridized carbons (Fsp3) is 0.417. The number of carbonyl (C=O) groups excluding carboxylic acids is 1. The maximum Gasteiger partial charge on any atom is 0.265 e. The number of hydrazine groups is 1. The number of amides is 1. The van der Waals surface area contributed by atoms with Crippen molar-refractivity contribution in [2.24, 2.45) is 5.84 Å². The van der Waals surface area contributed by atoms with E-state index in [9.17, 15) is 4.79 Å². The molecule has 1 rings (SSSR count). The number of benzene rings is 1. The van der Waals surface area contributed by atoms with Gasteiger partial charge in [-0.05, 0) is 25.6 Å². The monoisotopic (exact) mass is 237 g/mol. The quantitative estimate of drug-likeness (QED) is 0.385. The molecule has 0 aliphatic carbocycles. The summed E-state index contributed by atoms with van der Waals surface area (Å²) in [5.74, 6) is 4.84. The zero-order valence-electron chi connectivity index (χ0n) is 10.2. The van der Waals surface area contributed by atoms with Crippen molar-refractivity contribution >= 4 is 5.91 Å². The van der Waals surface area contributed by atoms with E-state index in [2.05, 4.69) is 5.43 Å². The molecule has 0 bridgehead atoms. The third-order valence-electron chi connectivity index (χ3n) is 2.83. The van der Waals surface area contributed by atoms with Gasteiger partial charge in [-0.1, -0.05) is 18.2 Å². The third kappa shape index (κ3) is 3.52. The first-order valence-electron chi connectivity index (χ1n) is 5.50. The zero-order chi connectivity index (χ0) is 12.8. The van der Waals surface area contributed by atoms with E-state index in [1.54, 1.807) is 12.1 Å². The average molecular weight is 237 g/mol. The zero-order valence-corrected chi connectivity index (χ0v) is 10.2. The van der Waals surface area contributed by atoms with Crippen molar-refractivity contribution in [3.63, 3.8) is 0 Å². The molecule has 1 aromatic carbocycles. The van der Waals surface area contributed by atoms with Gasteiger partial charge >= 0.3 is 0 Å². The number of nitrogens with two attached hydrogens (primary N) is 1. The lowest BCUT2D eigenvalue weighted by Crippen LogP contribution is -2.34. The molecule has 0 aliphatic rings. The van der Waals surface area contributed by atoms with E-state index in [4.69, 9.17) is 10.9 Å². The molecule has 94 valence electrons. The number of aliphatic hydroxyl groups is 1. The molecule has 0 saturated carbocycles. The van der Waals surface area contributed by atoms with E-state index >= 15 is 0 Å². The standard InChI is InChI=1S/C12H19N3O2/c1-9(8-16)15(2)7-10-5-3-4-6-11(10)12(17)14-13/h3-6,9,16H,7-8,13H2,1-2H3,(H,14,17). The molecule has 0 aromatic heterocycles. The topological polar surface area (TPSA) is 78.6 Å². The molecule has 1 amide bonds. The van der Waals surface area contributed by atoms with Crippen molar-refractivity contribution in [2.45, 2.75) is 19.5 Å². The van der Waals surface area contributed by atoms with Crippen LogP contribution < -0.4 is 11.3 Å². The van der Waals surface area contributed by atoms with Crippen LogP contribution in [0.4, 0.5) is 0 Å². The SMILES string of the molecule is CC(CO)N(C)Cc1ccccc1C(=O)NN. The van der Waals surface area contributed by atoms with Gasteiger partial charge in [-0.15, -0.1) is 0 Å². The molecule has 17 heavy (non-hydrogen) atoms. The van der Waals surface area contributed by atoms with Crippen LogP contribution in [-0.4, -0.2) is 35.6 Å². The van der Waals surface area contributed by atoms with Crippen molar-refractivity contribution in [1.29, 1.82) is 0 Å². The van der Waals surface area contributed by atoms with Crippen LogP contribution >= 0.6 is 0 Å². The Morgan fingerprint density at radius 2 is 2.18 bits per heavy atom. The van der Waals surface area contributed by atoms with Gasteiger partial charge in [0, 0.05) is 18.2 Å². The van der Waals surface area contributed by atoms with Crippen LogP contribution in [0, 0.1) is 0 Å². The van der Waals surface area contributed by atoms with E-state index in [0.29, 0.717) is 12.1 Å². The minimum Gasteiger partial charge on any atom is -0.395 e. The third-order valence-corrected chi connectivity index (χ3v) is 2.83. The fourth-order valence-electron chi connectivity index (χ4n) is 1.52. The van der Waals surface area contributed by atoms with Crippen molar-refractivity contribution in [3.8, 4) is 0 Å². The summed E-state index contributed by atoms with van der Waals surface area (Å²) in [6.45, 7) is 2.60. The molecule has 0 fully saturated rings. The Morgan fingerprint density at radius 3 is 2.76 bits per heavy atom. The number of nitrogens with zero attached hydrogens (tertiary/aromatic N) is 1. The number of aliphatic hydroxyl groups excluding tert-OH is 1. The van der Waals surface area contributed by atoms with Crippen LogP contribution in [-0.2, 0) is 6.54 Å². The molecule has 0 saturated heterocycles. The molecular formula is C12H19N3O2. The molecule has 4 N–H and O–H groups in total. The summed E-state index contributed by atoms with van der Waals surface area (Å²) < 4.78 is 0. The van der Waals surface area contributed by atoms with Crippen molar-refractivity contribution in [1.82, 2.24) is 10.3 Å². The van der Waals surface area contributed by atoms with Gasteiger partial charge in [0.1, 0.15) is 0 Å². The number of hydrogen-bond acceptors (Lipinski definition) is 4. The van der Waals surface area contributed by atoms with Crippen LogP contribution in [0.25, 0.3) is 0 Å². The first-order valence-corrected chi connectivity index (χ1v) is 5.50. The smallest absolute Gasteiger partial charge is 0.265 e. The van der Waals surface area contributed by atoms with Crippen LogP contribution in [0.5, 0.6) is 0 Å². The van der Waals surface area contributed by atoms with E-state index in [1.807, 2.05) is 31.0 Å². The Bertz CT molecular complexity index is 382. The Balaban J connectivity index is 2.87. The number of rotatable bonds is 5. The lowest BCUT2D eigenvalue weighted by Gasteiger charge is -2.23. The summed E-state index contributed by atoms with van der Waals surface area (Å²) in [7, 11) is 1.90. The summed E-state index contributed by atoms with van der Waals surface area (Å²) in [4.78, 5) is 13.5. The maximum absolute atomic E-state index is 11.6. The first-order chi connectivity index (χ1) is 8.10. The lowest BCUT2D eigenvalue weighted by atomic mass is 10.1. The van der Waals surface area contributed by atoms with Crippen LogP contribution in [0.3, 0.4) is 0 Å². The molecule has 0 aliphatic heterocycles. The average Bonchev–Trinajstić information content (AvgIpc) is 2.37. The molecule has 1 atom stereocenters. The summed E-state index contributed by atoms with van der Waals surface area (Å²) in [6.07, 6.45) is 0. The predicted molar refractivity (Wildman–Crippen MR) is 66.1 cm³/mol. The molecular weight excluding hydrogens is 218 g/mol. The van der Waals surface area contributed by atoms with Crippen molar-refractivity contribution in [2.75, 3.05) is 13.7 Å². The molecule has 5 nitrogen and oxygen atoms in total. The van der Waals surface area contributed by atoms with Gasteiger partial charge in [0.05, 0.1) is 6.61 Å². The molecule has 0 heterocycles. The van der Waals surface area contributed by atoms with Crippen LogP contribution in [0.2, 0.25) is 0 Å². The number of carbonyl (C=O) groups is 1. The van der Waals surface area contributed by atoms with Gasteiger partial charge in [-0.3, -0.25) is 15.1 Å². The second kappa shape index (κ2) is 6.34. The van der Waals surface area contributed by atoms with Crippen molar-refractivity contribution in [3.05, 3.63) is 35.4 Å². The van der Waals surface area contributed by atoms with Gasteiger partial charge in [0.2, 0.25) is 0 Å². The highest BCUT2D eigenvalue weighted by atomic mass is 16.3. The highest BCUT2D eigenvalue weighted by Crippen LogP contribution is 2.12. The molecule has 0 spiro atoms. The Morgan fingerprint density at radius 1 is 1.53 bits per heavy atom. The minimum absolute atomic E-state index is 0.0454. The van der Waals surface area contributed by atoms with Gasteiger partial charge in [0.15, 0.2) is 0 Å². The Hall–Kier alpha value is -1.43. The maximum atomic E-state index is 11.6. The molecule has 0 radical (unpaired) electrons. The molecule has 5 heteroatoms. The lowest BCUT2D eigenvalue weighted by molar-refractivity contribution is 0.0950. The number of hydrogen-bond donors (Lipinski definition) is 3. The normalized spacial score (nSPS) is 12.5.